The van der Waals surface area contributed by atoms with E-state index in [2.05, 4.69) is 25.9 Å². The number of ether oxygens (including phenoxy) is 2. The molecule has 0 saturated carbocycles. The second kappa shape index (κ2) is 8.90. The van der Waals surface area contributed by atoms with Crippen LogP contribution in [0.3, 0.4) is 0 Å². The second-order valence-electron chi connectivity index (χ2n) is 7.89. The molecule has 0 unspecified atom stereocenters. The van der Waals surface area contributed by atoms with Crippen LogP contribution in [0, 0.1) is 27.3 Å². The number of para-hydroxylation sites is 1. The highest BCUT2D eigenvalue weighted by molar-refractivity contribution is 5.98. The fraction of sp³-hybridized carbons (Fsp3) is 0.208. The minimum absolute atomic E-state index is 0.0511. The summed E-state index contributed by atoms with van der Waals surface area (Å²) in [5.74, 6) is -0.558. The Morgan fingerprint density at radius 3 is 2.97 bits per heavy atom. The van der Waals surface area contributed by atoms with Crippen LogP contribution in [0.4, 0.5) is 21.7 Å². The van der Waals surface area contributed by atoms with Gasteiger partial charge in [-0.15, -0.1) is 0 Å². The van der Waals surface area contributed by atoms with E-state index in [0.717, 1.165) is 48.0 Å². The van der Waals surface area contributed by atoms with Gasteiger partial charge in [-0.3, -0.25) is 10.1 Å². The molecule has 1 N–H and O–H groups in total. The Morgan fingerprint density at radius 1 is 1.34 bits per heavy atom. The van der Waals surface area contributed by atoms with Crippen molar-refractivity contribution in [1.29, 1.82) is 5.26 Å². The normalized spacial score (nSPS) is 12.3. The van der Waals surface area contributed by atoms with Gasteiger partial charge in [0.25, 0.3) is 0 Å². The third-order valence-electron chi connectivity index (χ3n) is 5.84. The molecule has 0 aliphatic carbocycles. The fourth-order valence-corrected chi connectivity index (χ4v) is 4.35. The molecule has 11 heteroatoms. The van der Waals surface area contributed by atoms with Crippen molar-refractivity contribution in [1.82, 2.24) is 14.5 Å². The van der Waals surface area contributed by atoms with Crippen LogP contribution < -0.4 is 14.8 Å². The fourth-order valence-electron chi connectivity index (χ4n) is 4.35. The molecule has 0 saturated heterocycles. The molecular weight excluding hydrogens is 455 g/mol. The first kappa shape index (κ1) is 22.1. The lowest BCUT2D eigenvalue weighted by Gasteiger charge is -2.14. The van der Waals surface area contributed by atoms with Crippen molar-refractivity contribution < 1.29 is 18.8 Å². The van der Waals surface area contributed by atoms with Crippen LogP contribution in [0.25, 0.3) is 22.2 Å². The van der Waals surface area contributed by atoms with Crippen LogP contribution >= 0.6 is 0 Å². The smallest absolute Gasteiger partial charge is 0.307 e. The van der Waals surface area contributed by atoms with E-state index in [9.17, 15) is 14.5 Å². The van der Waals surface area contributed by atoms with Crippen LogP contribution in [-0.2, 0) is 13.0 Å². The van der Waals surface area contributed by atoms with Crippen molar-refractivity contribution in [3.63, 3.8) is 0 Å². The number of nitro benzene ring substituents is 1. The molecule has 0 amide bonds. The summed E-state index contributed by atoms with van der Waals surface area (Å²) >= 11 is 0. The lowest BCUT2D eigenvalue weighted by Crippen LogP contribution is -2.05. The van der Waals surface area contributed by atoms with Gasteiger partial charge >= 0.3 is 5.69 Å². The maximum atomic E-state index is 14.1. The van der Waals surface area contributed by atoms with Gasteiger partial charge in [0, 0.05) is 35.8 Å². The highest BCUT2D eigenvalue weighted by atomic mass is 19.1. The van der Waals surface area contributed by atoms with Crippen LogP contribution in [0.2, 0.25) is 0 Å². The van der Waals surface area contributed by atoms with Gasteiger partial charge in [0.2, 0.25) is 11.8 Å². The zero-order chi connectivity index (χ0) is 24.5. The molecule has 1 aliphatic heterocycles. The molecule has 10 nitrogen and oxygen atoms in total. The van der Waals surface area contributed by atoms with Crippen LogP contribution in [-0.4, -0.2) is 33.2 Å². The topological polar surface area (TPSA) is 128 Å². The minimum Gasteiger partial charge on any atom is -0.494 e. The molecule has 0 spiro atoms. The van der Waals surface area contributed by atoms with E-state index in [1.807, 2.05) is 24.4 Å². The molecule has 2 aromatic heterocycles. The highest BCUT2D eigenvalue weighted by Crippen LogP contribution is 2.39. The molecule has 0 fully saturated rings. The average molecular weight is 474 g/mol. The molecular formula is C24H19FN6O4. The zero-order valence-electron chi connectivity index (χ0n) is 18.6. The van der Waals surface area contributed by atoms with Gasteiger partial charge in [0.05, 0.1) is 29.4 Å². The number of halogens is 1. The van der Waals surface area contributed by atoms with Crippen molar-refractivity contribution in [3.8, 4) is 28.8 Å². The Morgan fingerprint density at radius 2 is 2.20 bits per heavy atom. The van der Waals surface area contributed by atoms with E-state index in [4.69, 9.17) is 14.7 Å². The largest absolute Gasteiger partial charge is 0.494 e. The van der Waals surface area contributed by atoms with E-state index < -0.39 is 16.4 Å². The summed E-state index contributed by atoms with van der Waals surface area (Å²) in [6.07, 6.45) is 5.44. The quantitative estimate of drug-likeness (QED) is 0.300. The number of anilines is 2. The Hall–Kier alpha value is -4.72. The number of hydrogen-bond donors (Lipinski definition) is 1. The van der Waals surface area contributed by atoms with Gasteiger partial charge in [-0.05, 0) is 18.4 Å². The standard InChI is InChI=1S/C24H19FN6O4/c1-34-20-10-17(25)19(31(32)33)11-18(20)28-24-27-12-21(35-9-7-26)22(29-24)16-13-30-8-3-5-14-4-2-6-15(16)23(14)30/h2,4,6,10-13H,3,5,8-9H2,1H3,(H,27,28,29). The van der Waals surface area contributed by atoms with Gasteiger partial charge in [-0.2, -0.15) is 9.65 Å². The maximum Gasteiger partial charge on any atom is 0.307 e. The summed E-state index contributed by atoms with van der Waals surface area (Å²) in [6.45, 7) is 0.680. The number of rotatable bonds is 7. The Bertz CT molecular complexity index is 1510. The van der Waals surface area contributed by atoms with Gasteiger partial charge in [-0.25, -0.2) is 9.97 Å². The number of aromatic nitrogens is 3. The Balaban J connectivity index is 1.63. The number of benzene rings is 2. The number of nitro groups is 1. The summed E-state index contributed by atoms with van der Waals surface area (Å²) < 4.78 is 27.0. The average Bonchev–Trinajstić information content (AvgIpc) is 3.24. The number of nitrogens with zero attached hydrogens (tertiary/aromatic N) is 5. The lowest BCUT2D eigenvalue weighted by atomic mass is 10.0. The predicted molar refractivity (Wildman–Crippen MR) is 125 cm³/mol. The number of nitrogens with one attached hydrogen (secondary N) is 1. The summed E-state index contributed by atoms with van der Waals surface area (Å²) in [6, 6.07) is 10.0. The van der Waals surface area contributed by atoms with E-state index in [-0.39, 0.29) is 24.0 Å². The van der Waals surface area contributed by atoms with Gasteiger partial charge in [0.15, 0.2) is 12.4 Å². The van der Waals surface area contributed by atoms with Crippen molar-refractivity contribution in [2.24, 2.45) is 0 Å². The predicted octanol–water partition coefficient (Wildman–Crippen LogP) is 4.75. The summed E-state index contributed by atoms with van der Waals surface area (Å²) in [5, 5.41) is 24.1. The summed E-state index contributed by atoms with van der Waals surface area (Å²) in [4.78, 5) is 19.3. The molecule has 4 aromatic rings. The first-order valence-corrected chi connectivity index (χ1v) is 10.8. The molecule has 1 aliphatic rings. The summed E-state index contributed by atoms with van der Waals surface area (Å²) in [7, 11) is 1.32. The molecule has 176 valence electrons. The van der Waals surface area contributed by atoms with Crippen molar-refractivity contribution in [2.75, 3.05) is 19.0 Å². The third-order valence-corrected chi connectivity index (χ3v) is 5.84. The minimum atomic E-state index is -1.02. The first-order valence-electron chi connectivity index (χ1n) is 10.8. The molecule has 0 bridgehead atoms. The molecule has 3 heterocycles. The molecule has 0 radical (unpaired) electrons. The van der Waals surface area contributed by atoms with E-state index >= 15 is 0 Å². The maximum absolute atomic E-state index is 14.1. The molecule has 2 aromatic carbocycles. The van der Waals surface area contributed by atoms with Crippen molar-refractivity contribution in [3.05, 3.63) is 64.2 Å². The van der Waals surface area contributed by atoms with Gasteiger partial charge in [0.1, 0.15) is 17.5 Å². The van der Waals surface area contributed by atoms with E-state index in [1.54, 1.807) is 0 Å². The van der Waals surface area contributed by atoms with Crippen molar-refractivity contribution >= 4 is 28.2 Å². The van der Waals surface area contributed by atoms with Crippen LogP contribution in [0.1, 0.15) is 12.0 Å². The van der Waals surface area contributed by atoms with Gasteiger partial charge < -0.3 is 19.4 Å². The van der Waals surface area contributed by atoms with Gasteiger partial charge in [-0.1, -0.05) is 18.2 Å². The van der Waals surface area contributed by atoms with Crippen LogP contribution in [0.5, 0.6) is 11.5 Å². The SMILES string of the molecule is COc1cc(F)c([N+](=O)[O-])cc1Nc1ncc(OCC#N)c(-c2cn3c4c(cccc24)CCC3)n1. The Labute approximate surface area is 198 Å². The molecule has 35 heavy (non-hydrogen) atoms. The first-order chi connectivity index (χ1) is 17.0. The number of nitriles is 1. The summed E-state index contributed by atoms with van der Waals surface area (Å²) in [5.41, 5.74) is 3.05. The second-order valence-corrected chi connectivity index (χ2v) is 7.89. The Kier molecular flexibility index (Phi) is 5.62. The van der Waals surface area contributed by atoms with Crippen molar-refractivity contribution in [2.45, 2.75) is 19.4 Å². The highest BCUT2D eigenvalue weighted by Gasteiger charge is 2.23. The van der Waals surface area contributed by atoms with E-state index in [0.29, 0.717) is 11.4 Å². The monoisotopic (exact) mass is 474 g/mol. The molecule has 0 atom stereocenters. The number of aryl methyl sites for hydroxylation is 2. The zero-order valence-corrected chi connectivity index (χ0v) is 18.6. The number of methoxy groups -OCH3 is 1. The number of hydrogen-bond acceptors (Lipinski definition) is 8. The van der Waals surface area contributed by atoms with E-state index in [1.165, 1.54) is 18.9 Å². The molecule has 5 rings (SSSR count). The third kappa shape index (κ3) is 3.95. The van der Waals surface area contributed by atoms with Crippen LogP contribution in [0.15, 0.2) is 42.7 Å². The lowest BCUT2D eigenvalue weighted by molar-refractivity contribution is -0.387.